The van der Waals surface area contributed by atoms with Crippen LogP contribution in [0.25, 0.3) is 0 Å². The van der Waals surface area contributed by atoms with Crippen LogP contribution >= 0.6 is 0 Å². The van der Waals surface area contributed by atoms with Gasteiger partial charge < -0.3 is 15.0 Å². The third kappa shape index (κ3) is 5.33. The van der Waals surface area contributed by atoms with Gasteiger partial charge in [0.2, 0.25) is 0 Å². The van der Waals surface area contributed by atoms with E-state index in [1.807, 2.05) is 7.05 Å². The first-order chi connectivity index (χ1) is 11.9. The highest BCUT2D eigenvalue weighted by Gasteiger charge is 2.31. The number of guanidine groups is 1. The van der Waals surface area contributed by atoms with Gasteiger partial charge in [0.05, 0.1) is 13.0 Å². The zero-order valence-corrected chi connectivity index (χ0v) is 16.7. The molecule has 0 aromatic heterocycles. The maximum Gasteiger partial charge on any atom is 0.308 e. The predicted molar refractivity (Wildman–Crippen MR) is 102 cm³/mol. The van der Waals surface area contributed by atoms with Crippen molar-refractivity contribution in [1.82, 2.24) is 15.1 Å². The Labute approximate surface area is 153 Å². The molecule has 6 heteroatoms. The number of carbonyl (C=O) groups is 1. The average molecular weight is 353 g/mol. The molecule has 1 atom stereocenters. The van der Waals surface area contributed by atoms with Crippen LogP contribution in [0.4, 0.5) is 0 Å². The summed E-state index contributed by atoms with van der Waals surface area (Å²) < 4.78 is 4.87. The van der Waals surface area contributed by atoms with Crippen molar-refractivity contribution in [1.29, 1.82) is 0 Å². The van der Waals surface area contributed by atoms with E-state index in [1.54, 1.807) is 0 Å². The Kier molecular flexibility index (Phi) is 7.11. The molecule has 0 aromatic rings. The maximum atomic E-state index is 11.7. The van der Waals surface area contributed by atoms with Crippen molar-refractivity contribution in [3.05, 3.63) is 0 Å². The lowest BCUT2D eigenvalue weighted by Crippen LogP contribution is -2.57. The second-order valence-corrected chi connectivity index (χ2v) is 8.19. The number of hydrogen-bond acceptors (Lipinski definition) is 4. The number of methoxy groups -OCH3 is 1. The van der Waals surface area contributed by atoms with Gasteiger partial charge in [-0.3, -0.25) is 14.7 Å². The zero-order chi connectivity index (χ0) is 18.4. The molecule has 0 saturated carbocycles. The summed E-state index contributed by atoms with van der Waals surface area (Å²) in [6.07, 6.45) is 4.30. The van der Waals surface area contributed by atoms with E-state index in [9.17, 15) is 4.79 Å². The van der Waals surface area contributed by atoms with Gasteiger partial charge in [0, 0.05) is 38.8 Å². The van der Waals surface area contributed by atoms with Crippen LogP contribution in [-0.2, 0) is 9.53 Å². The van der Waals surface area contributed by atoms with Crippen molar-refractivity contribution in [3.8, 4) is 0 Å². The molecule has 0 spiro atoms. The number of nitrogens with one attached hydrogen (secondary N) is 1. The molecule has 1 N–H and O–H groups in total. The third-order valence-corrected chi connectivity index (χ3v) is 5.73. The van der Waals surface area contributed by atoms with Gasteiger partial charge in [-0.25, -0.2) is 0 Å². The molecule has 1 unspecified atom stereocenters. The lowest BCUT2D eigenvalue weighted by Gasteiger charge is -2.44. The minimum Gasteiger partial charge on any atom is -0.469 e. The first-order valence-corrected chi connectivity index (χ1v) is 9.66. The second-order valence-electron chi connectivity index (χ2n) is 8.19. The van der Waals surface area contributed by atoms with E-state index in [0.29, 0.717) is 0 Å². The monoisotopic (exact) mass is 352 g/mol. The van der Waals surface area contributed by atoms with Crippen LogP contribution < -0.4 is 5.32 Å². The van der Waals surface area contributed by atoms with Crippen molar-refractivity contribution >= 4 is 11.9 Å². The second kappa shape index (κ2) is 8.88. The van der Waals surface area contributed by atoms with Crippen LogP contribution in [0.3, 0.4) is 0 Å². The Hall–Kier alpha value is -1.30. The third-order valence-electron chi connectivity index (χ3n) is 5.73. The van der Waals surface area contributed by atoms with Gasteiger partial charge in [-0.05, 0) is 52.0 Å². The molecule has 0 amide bonds. The highest BCUT2D eigenvalue weighted by molar-refractivity contribution is 5.80. The number of nitrogens with zero attached hydrogens (tertiary/aromatic N) is 3. The topological polar surface area (TPSA) is 57.2 Å². The molecule has 25 heavy (non-hydrogen) atoms. The van der Waals surface area contributed by atoms with Gasteiger partial charge in [-0.15, -0.1) is 0 Å². The van der Waals surface area contributed by atoms with Gasteiger partial charge in [-0.1, -0.05) is 6.92 Å². The summed E-state index contributed by atoms with van der Waals surface area (Å²) in [5.41, 5.74) is 0.106. The summed E-state index contributed by atoms with van der Waals surface area (Å²) in [6, 6.07) is 0. The highest BCUT2D eigenvalue weighted by Crippen LogP contribution is 2.24. The standard InChI is InChI=1S/C19H36N4O2/c1-15-7-6-10-23(13-15)19(2,3)14-21-18(20-4)22-11-8-16(9-12-22)17(24)25-5/h15-16H,6-14H2,1-5H3,(H,20,21). The predicted octanol–water partition coefficient (Wildman–Crippen LogP) is 1.96. The molecule has 0 radical (unpaired) electrons. The van der Waals surface area contributed by atoms with E-state index in [2.05, 4.69) is 40.9 Å². The van der Waals surface area contributed by atoms with E-state index in [-0.39, 0.29) is 17.4 Å². The fourth-order valence-electron chi connectivity index (χ4n) is 3.97. The minimum atomic E-state index is -0.0806. The Morgan fingerprint density at radius 3 is 2.48 bits per heavy atom. The molecule has 0 bridgehead atoms. The van der Waals surface area contributed by atoms with Crippen molar-refractivity contribution in [2.75, 3.05) is 46.9 Å². The zero-order valence-electron chi connectivity index (χ0n) is 16.7. The van der Waals surface area contributed by atoms with Crippen molar-refractivity contribution in [2.24, 2.45) is 16.8 Å². The largest absolute Gasteiger partial charge is 0.469 e. The molecule has 2 fully saturated rings. The average Bonchev–Trinajstić information content (AvgIpc) is 2.62. The Bertz CT molecular complexity index is 470. The summed E-state index contributed by atoms with van der Waals surface area (Å²) >= 11 is 0. The highest BCUT2D eigenvalue weighted by atomic mass is 16.5. The normalized spacial score (nSPS) is 24.3. The Morgan fingerprint density at radius 2 is 1.92 bits per heavy atom. The van der Waals surface area contributed by atoms with Gasteiger partial charge in [-0.2, -0.15) is 0 Å². The van der Waals surface area contributed by atoms with E-state index in [1.165, 1.54) is 33.0 Å². The molecule has 2 rings (SSSR count). The van der Waals surface area contributed by atoms with E-state index in [0.717, 1.165) is 44.4 Å². The molecule has 6 nitrogen and oxygen atoms in total. The van der Waals surface area contributed by atoms with Crippen LogP contribution in [0.5, 0.6) is 0 Å². The molecular formula is C19H36N4O2. The quantitative estimate of drug-likeness (QED) is 0.476. The van der Waals surface area contributed by atoms with Crippen LogP contribution in [0.15, 0.2) is 4.99 Å². The summed E-state index contributed by atoms with van der Waals surface area (Å²) in [5.74, 6) is 1.68. The number of likely N-dealkylation sites (tertiary alicyclic amines) is 2. The van der Waals surface area contributed by atoms with Crippen LogP contribution in [0, 0.1) is 11.8 Å². The number of hydrogen-bond donors (Lipinski definition) is 1. The molecule has 0 aliphatic carbocycles. The number of carbonyl (C=O) groups excluding carboxylic acids is 1. The first-order valence-electron chi connectivity index (χ1n) is 9.66. The van der Waals surface area contributed by atoms with E-state index in [4.69, 9.17) is 4.74 Å². The molecule has 2 aliphatic heterocycles. The fourth-order valence-corrected chi connectivity index (χ4v) is 3.97. The summed E-state index contributed by atoms with van der Waals surface area (Å²) in [5, 5.41) is 3.57. The smallest absolute Gasteiger partial charge is 0.308 e. The van der Waals surface area contributed by atoms with Gasteiger partial charge in [0.15, 0.2) is 5.96 Å². The van der Waals surface area contributed by atoms with Gasteiger partial charge in [0.25, 0.3) is 0 Å². The Morgan fingerprint density at radius 1 is 1.24 bits per heavy atom. The minimum absolute atomic E-state index is 0.0330. The van der Waals surface area contributed by atoms with Crippen LogP contribution in [0.1, 0.15) is 46.5 Å². The number of rotatable bonds is 4. The number of ether oxygens (including phenoxy) is 1. The van der Waals surface area contributed by atoms with Crippen molar-refractivity contribution < 1.29 is 9.53 Å². The molecular weight excluding hydrogens is 316 g/mol. The summed E-state index contributed by atoms with van der Waals surface area (Å²) in [4.78, 5) is 21.0. The lowest BCUT2D eigenvalue weighted by molar-refractivity contribution is -0.146. The van der Waals surface area contributed by atoms with E-state index < -0.39 is 0 Å². The van der Waals surface area contributed by atoms with Crippen molar-refractivity contribution in [2.45, 2.75) is 52.0 Å². The fraction of sp³-hybridized carbons (Fsp3) is 0.895. The number of piperidine rings is 2. The van der Waals surface area contributed by atoms with Crippen LogP contribution in [-0.4, -0.2) is 74.1 Å². The summed E-state index contributed by atoms with van der Waals surface area (Å²) in [6.45, 7) is 11.9. The molecule has 0 aromatic carbocycles. The molecule has 2 saturated heterocycles. The maximum absolute atomic E-state index is 11.7. The summed E-state index contributed by atoms with van der Waals surface area (Å²) in [7, 11) is 3.31. The van der Waals surface area contributed by atoms with Gasteiger partial charge >= 0.3 is 5.97 Å². The Balaban J connectivity index is 1.85. The van der Waals surface area contributed by atoms with Crippen molar-refractivity contribution in [3.63, 3.8) is 0 Å². The van der Waals surface area contributed by atoms with E-state index >= 15 is 0 Å². The molecule has 2 aliphatic rings. The number of esters is 1. The SMILES string of the molecule is CN=C(NCC(C)(C)N1CCCC(C)C1)N1CCC(C(=O)OC)CC1. The number of aliphatic imine (C=N–C) groups is 1. The van der Waals surface area contributed by atoms with Gasteiger partial charge in [0.1, 0.15) is 0 Å². The first kappa shape index (κ1) is 20.0. The molecule has 144 valence electrons. The lowest BCUT2D eigenvalue weighted by atomic mass is 9.93. The molecule has 2 heterocycles. The van der Waals surface area contributed by atoms with Crippen LogP contribution in [0.2, 0.25) is 0 Å².